The molecule has 0 unspecified atom stereocenters. The van der Waals surface area contributed by atoms with Crippen LogP contribution in [0, 0.1) is 0 Å². The number of benzene rings is 3. The van der Waals surface area contributed by atoms with Gasteiger partial charge < -0.3 is 14.6 Å². The Morgan fingerprint density at radius 2 is 1.84 bits per heavy atom. The van der Waals surface area contributed by atoms with Crippen molar-refractivity contribution in [2.24, 2.45) is 0 Å². The Morgan fingerprint density at radius 3 is 2.72 bits per heavy atom. The number of aryl methyl sites for hydroxylation is 1. The fourth-order valence-corrected chi connectivity index (χ4v) is 4.50. The average Bonchev–Trinajstić information content (AvgIpc) is 3.16. The van der Waals surface area contributed by atoms with E-state index in [0.29, 0.717) is 16.6 Å². The molecule has 5 nitrogen and oxygen atoms in total. The van der Waals surface area contributed by atoms with Crippen LogP contribution in [0.1, 0.15) is 35.8 Å². The lowest BCUT2D eigenvalue weighted by Gasteiger charge is -2.26. The smallest absolute Gasteiger partial charge is 0.240 e. The summed E-state index contributed by atoms with van der Waals surface area (Å²) < 4.78 is 7.86. The quantitative estimate of drug-likeness (QED) is 0.428. The summed E-state index contributed by atoms with van der Waals surface area (Å²) in [6.45, 7) is 0.453. The molecule has 6 heteroatoms. The Bertz CT molecular complexity index is 1250. The number of imidazole rings is 1. The molecule has 0 saturated heterocycles. The minimum atomic E-state index is -0.0254. The third-order valence-corrected chi connectivity index (χ3v) is 6.17. The number of nitrogens with one attached hydrogen (secondary N) is 1. The molecule has 5 rings (SSSR count). The van der Waals surface area contributed by atoms with Crippen LogP contribution >= 0.6 is 11.6 Å². The fourth-order valence-electron chi connectivity index (χ4n) is 4.38. The van der Waals surface area contributed by atoms with E-state index in [1.54, 1.807) is 12.1 Å². The number of ether oxygens (including phenoxy) is 1. The largest absolute Gasteiger partial charge is 0.486 e. The molecule has 1 aliphatic rings. The van der Waals surface area contributed by atoms with Gasteiger partial charge in [-0.2, -0.15) is 0 Å². The Hall–Kier alpha value is -3.31. The summed E-state index contributed by atoms with van der Waals surface area (Å²) in [7, 11) is 0. The zero-order valence-corrected chi connectivity index (χ0v) is 18.4. The van der Waals surface area contributed by atoms with Crippen LogP contribution in [0.25, 0.3) is 11.0 Å². The molecule has 0 saturated carbocycles. The van der Waals surface area contributed by atoms with Crippen molar-refractivity contribution >= 4 is 28.5 Å². The predicted octanol–water partition coefficient (Wildman–Crippen LogP) is 5.46. The molecule has 0 radical (unpaired) electrons. The first-order valence-electron chi connectivity index (χ1n) is 10.9. The molecule has 1 atom stereocenters. The van der Waals surface area contributed by atoms with E-state index < -0.39 is 0 Å². The summed E-state index contributed by atoms with van der Waals surface area (Å²) in [5, 5.41) is 3.90. The number of hydrogen-bond acceptors (Lipinski definition) is 3. The van der Waals surface area contributed by atoms with Crippen LogP contribution in [0.5, 0.6) is 5.75 Å². The highest BCUT2D eigenvalue weighted by Crippen LogP contribution is 2.29. The number of rotatable bonds is 6. The van der Waals surface area contributed by atoms with Crippen molar-refractivity contribution in [3.05, 3.63) is 94.8 Å². The van der Waals surface area contributed by atoms with Crippen LogP contribution in [0.2, 0.25) is 5.02 Å². The first-order valence-corrected chi connectivity index (χ1v) is 11.2. The molecule has 0 fully saturated rings. The summed E-state index contributed by atoms with van der Waals surface area (Å²) in [5.74, 6) is 1.39. The van der Waals surface area contributed by atoms with Gasteiger partial charge in [-0.05, 0) is 66.8 Å². The zero-order chi connectivity index (χ0) is 21.9. The molecule has 4 aromatic rings. The van der Waals surface area contributed by atoms with Gasteiger partial charge in [0.15, 0.2) is 0 Å². The van der Waals surface area contributed by atoms with Crippen LogP contribution < -0.4 is 10.1 Å². The van der Waals surface area contributed by atoms with Gasteiger partial charge >= 0.3 is 0 Å². The second-order valence-corrected chi connectivity index (χ2v) is 8.49. The summed E-state index contributed by atoms with van der Waals surface area (Å²) in [6, 6.07) is 23.5. The normalized spacial score (nSPS) is 15.3. The van der Waals surface area contributed by atoms with Crippen molar-refractivity contribution in [1.29, 1.82) is 0 Å². The third-order valence-electron chi connectivity index (χ3n) is 5.92. The van der Waals surface area contributed by atoms with Crippen molar-refractivity contribution in [3.63, 3.8) is 0 Å². The molecule has 1 aromatic heterocycles. The molecule has 1 N–H and O–H groups in total. The van der Waals surface area contributed by atoms with Gasteiger partial charge in [-0.3, -0.25) is 4.79 Å². The number of aromatic nitrogens is 2. The van der Waals surface area contributed by atoms with Crippen LogP contribution in [0.3, 0.4) is 0 Å². The molecule has 162 valence electrons. The number of hydrogen-bond donors (Lipinski definition) is 1. The lowest BCUT2D eigenvalue weighted by Crippen LogP contribution is -2.33. The van der Waals surface area contributed by atoms with Gasteiger partial charge in [0, 0.05) is 5.02 Å². The van der Waals surface area contributed by atoms with E-state index in [4.69, 9.17) is 21.3 Å². The van der Waals surface area contributed by atoms with Crippen LogP contribution in [0.15, 0.2) is 72.8 Å². The number of carbonyl (C=O) groups is 1. The Morgan fingerprint density at radius 1 is 1.06 bits per heavy atom. The lowest BCUT2D eigenvalue weighted by molar-refractivity contribution is -0.122. The molecule has 0 bridgehead atoms. The molecule has 1 amide bonds. The first kappa shape index (κ1) is 20.6. The highest BCUT2D eigenvalue weighted by Gasteiger charge is 2.22. The van der Waals surface area contributed by atoms with Crippen molar-refractivity contribution < 1.29 is 9.53 Å². The van der Waals surface area contributed by atoms with Crippen molar-refractivity contribution in [3.8, 4) is 5.75 Å². The van der Waals surface area contributed by atoms with E-state index in [1.165, 1.54) is 11.1 Å². The summed E-state index contributed by atoms with van der Waals surface area (Å²) >= 11 is 5.96. The maximum Gasteiger partial charge on any atom is 0.240 e. The maximum absolute atomic E-state index is 13.1. The van der Waals surface area contributed by atoms with E-state index in [-0.39, 0.29) is 25.1 Å². The summed E-state index contributed by atoms with van der Waals surface area (Å²) in [6.07, 6.45) is 3.11. The minimum Gasteiger partial charge on any atom is -0.486 e. The number of halogens is 1. The van der Waals surface area contributed by atoms with Gasteiger partial charge in [0.2, 0.25) is 5.91 Å². The van der Waals surface area contributed by atoms with Crippen LogP contribution in [0.4, 0.5) is 0 Å². The highest BCUT2D eigenvalue weighted by atomic mass is 35.5. The topological polar surface area (TPSA) is 56.2 Å². The molecule has 0 aliphatic heterocycles. The zero-order valence-electron chi connectivity index (χ0n) is 17.6. The Labute approximate surface area is 192 Å². The maximum atomic E-state index is 13.1. The molecule has 3 aromatic carbocycles. The number of fused-ring (bicyclic) bond motifs is 2. The fraction of sp³-hybridized carbons (Fsp3) is 0.231. The number of para-hydroxylation sites is 2. The second kappa shape index (κ2) is 9.05. The SMILES string of the molecule is O=C(Cn1c(COc2ccc(Cl)cc2)nc2ccccc21)N[C@@H]1CCCc2ccccc21. The molecule has 1 aliphatic carbocycles. The Kier molecular flexibility index (Phi) is 5.82. The molecule has 32 heavy (non-hydrogen) atoms. The van der Waals surface area contributed by atoms with Crippen LogP contribution in [-0.4, -0.2) is 15.5 Å². The predicted molar refractivity (Wildman–Crippen MR) is 126 cm³/mol. The van der Waals surface area contributed by atoms with Gasteiger partial charge in [0.1, 0.15) is 24.7 Å². The Balaban J connectivity index is 1.35. The van der Waals surface area contributed by atoms with Gasteiger partial charge in [-0.15, -0.1) is 0 Å². The standard InChI is InChI=1S/C26H24ClN3O2/c27-19-12-14-20(15-13-19)32-17-25-28-23-9-3-4-11-24(23)30(25)16-26(31)29-22-10-5-7-18-6-1-2-8-21(18)22/h1-4,6,8-9,11-15,22H,5,7,10,16-17H2,(H,29,31)/t22-/m1/s1. The summed E-state index contributed by atoms with van der Waals surface area (Å²) in [4.78, 5) is 17.8. The second-order valence-electron chi connectivity index (χ2n) is 8.06. The van der Waals surface area contributed by atoms with Gasteiger partial charge in [0.05, 0.1) is 17.1 Å². The van der Waals surface area contributed by atoms with E-state index in [9.17, 15) is 4.79 Å². The highest BCUT2D eigenvalue weighted by molar-refractivity contribution is 6.30. The molecular weight excluding hydrogens is 422 g/mol. The van der Waals surface area contributed by atoms with Gasteiger partial charge in [0.25, 0.3) is 0 Å². The lowest BCUT2D eigenvalue weighted by atomic mass is 9.88. The molecule has 0 spiro atoms. The molecule has 1 heterocycles. The van der Waals surface area contributed by atoms with E-state index in [2.05, 4.69) is 23.5 Å². The number of nitrogens with zero attached hydrogens (tertiary/aromatic N) is 2. The molecular formula is C26H24ClN3O2. The van der Waals surface area contributed by atoms with Crippen molar-refractivity contribution in [2.75, 3.05) is 0 Å². The van der Waals surface area contributed by atoms with Gasteiger partial charge in [-0.25, -0.2) is 4.98 Å². The van der Waals surface area contributed by atoms with Crippen molar-refractivity contribution in [2.45, 2.75) is 38.5 Å². The van der Waals surface area contributed by atoms with E-state index >= 15 is 0 Å². The average molecular weight is 446 g/mol. The number of carbonyl (C=O) groups excluding carboxylic acids is 1. The number of amides is 1. The first-order chi connectivity index (χ1) is 15.7. The third kappa shape index (κ3) is 4.34. The monoisotopic (exact) mass is 445 g/mol. The minimum absolute atomic E-state index is 0.0254. The summed E-state index contributed by atoms with van der Waals surface area (Å²) in [5.41, 5.74) is 4.32. The van der Waals surface area contributed by atoms with E-state index in [0.717, 1.165) is 30.3 Å². The van der Waals surface area contributed by atoms with E-state index in [1.807, 2.05) is 47.0 Å². The van der Waals surface area contributed by atoms with Crippen LogP contribution in [-0.2, 0) is 24.4 Å². The van der Waals surface area contributed by atoms with Gasteiger partial charge in [-0.1, -0.05) is 48.0 Å². The van der Waals surface area contributed by atoms with Crippen molar-refractivity contribution in [1.82, 2.24) is 14.9 Å².